The van der Waals surface area contributed by atoms with Crippen LogP contribution in [0.2, 0.25) is 0 Å². The predicted octanol–water partition coefficient (Wildman–Crippen LogP) is 3.64. The highest BCUT2D eigenvalue weighted by atomic mass is 16.5. The van der Waals surface area contributed by atoms with E-state index in [4.69, 9.17) is 4.74 Å². The Bertz CT molecular complexity index is 702. The molecule has 0 aliphatic carbocycles. The largest absolute Gasteiger partial charge is 0.508 e. The van der Waals surface area contributed by atoms with Gasteiger partial charge in [-0.25, -0.2) is 0 Å². The summed E-state index contributed by atoms with van der Waals surface area (Å²) in [6.07, 6.45) is 3.70. The first-order valence-corrected chi connectivity index (χ1v) is 7.42. The van der Waals surface area contributed by atoms with Crippen LogP contribution in [0.5, 0.6) is 11.5 Å². The molecule has 0 amide bonds. The molecule has 1 atom stereocenters. The van der Waals surface area contributed by atoms with Crippen molar-refractivity contribution in [1.82, 2.24) is 0 Å². The van der Waals surface area contributed by atoms with E-state index in [-0.39, 0.29) is 5.75 Å². The molecule has 0 radical (unpaired) electrons. The molecular formula is C19H20O3. The molecule has 2 aromatic carbocycles. The zero-order chi connectivity index (χ0) is 15.7. The molecule has 0 spiro atoms. The van der Waals surface area contributed by atoms with Gasteiger partial charge in [0, 0.05) is 12.0 Å². The lowest BCUT2D eigenvalue weighted by Crippen LogP contribution is -2.46. The topological polar surface area (TPSA) is 49.7 Å². The van der Waals surface area contributed by atoms with Crippen molar-refractivity contribution in [3.8, 4) is 11.5 Å². The summed E-state index contributed by atoms with van der Waals surface area (Å²) in [6, 6.07) is 13.6. The third-order valence-electron chi connectivity index (χ3n) is 4.05. The third kappa shape index (κ3) is 2.85. The molecular weight excluding hydrogens is 276 g/mol. The second-order valence-electron chi connectivity index (χ2n) is 6.19. The zero-order valence-corrected chi connectivity index (χ0v) is 12.8. The van der Waals surface area contributed by atoms with E-state index in [0.717, 1.165) is 11.1 Å². The Morgan fingerprint density at radius 3 is 2.50 bits per heavy atom. The lowest BCUT2D eigenvalue weighted by Gasteiger charge is -2.37. The number of aromatic hydroxyl groups is 1. The molecule has 2 aromatic rings. The van der Waals surface area contributed by atoms with Crippen molar-refractivity contribution in [2.24, 2.45) is 0 Å². The normalized spacial score (nSPS) is 19.7. The molecule has 0 fully saturated rings. The summed E-state index contributed by atoms with van der Waals surface area (Å²) in [5.41, 5.74) is 1.98. The number of aliphatic hydroxyl groups excluding tert-OH is 1. The first-order chi connectivity index (χ1) is 10.5. The van der Waals surface area contributed by atoms with E-state index in [1.165, 1.54) is 0 Å². The van der Waals surface area contributed by atoms with Crippen molar-refractivity contribution in [2.75, 3.05) is 0 Å². The van der Waals surface area contributed by atoms with Crippen molar-refractivity contribution in [3.05, 3.63) is 59.2 Å². The van der Waals surface area contributed by atoms with Gasteiger partial charge in [-0.2, -0.15) is 0 Å². The molecule has 22 heavy (non-hydrogen) atoms. The molecule has 3 nitrogen and oxygen atoms in total. The molecule has 2 N–H and O–H groups in total. The molecule has 1 heterocycles. The van der Waals surface area contributed by atoms with Gasteiger partial charge in [0.25, 0.3) is 0 Å². The van der Waals surface area contributed by atoms with Gasteiger partial charge in [0.05, 0.1) is 6.10 Å². The van der Waals surface area contributed by atoms with Crippen LogP contribution < -0.4 is 4.74 Å². The lowest BCUT2D eigenvalue weighted by molar-refractivity contribution is -0.0417. The summed E-state index contributed by atoms with van der Waals surface area (Å²) in [6.45, 7) is 3.70. The predicted molar refractivity (Wildman–Crippen MR) is 87.9 cm³/mol. The highest BCUT2D eigenvalue weighted by Crippen LogP contribution is 2.39. The first-order valence-electron chi connectivity index (χ1n) is 7.42. The van der Waals surface area contributed by atoms with Gasteiger partial charge in [-0.05, 0) is 37.1 Å². The van der Waals surface area contributed by atoms with Crippen LogP contribution in [0, 0.1) is 0 Å². The number of phenolic OH excluding ortho intramolecular Hbond substituents is 1. The van der Waals surface area contributed by atoms with Gasteiger partial charge in [-0.1, -0.05) is 42.5 Å². The number of benzene rings is 2. The lowest BCUT2D eigenvalue weighted by atomic mass is 9.90. The van der Waals surface area contributed by atoms with Crippen LogP contribution in [0.15, 0.2) is 42.5 Å². The van der Waals surface area contributed by atoms with Gasteiger partial charge in [-0.15, -0.1) is 0 Å². The standard InChI is InChI=1S/C19H20O3/c1-19(2)18(21)12-15-16(20)10-14(11-17(15)22-19)9-8-13-6-4-3-5-7-13/h3-11,18,20-21H,12H2,1-2H3/b9-8+/t18-/m0/s1. The maximum absolute atomic E-state index is 10.2. The summed E-state index contributed by atoms with van der Waals surface area (Å²) in [5.74, 6) is 0.808. The minimum atomic E-state index is -0.652. The molecule has 114 valence electrons. The van der Waals surface area contributed by atoms with Crippen molar-refractivity contribution < 1.29 is 14.9 Å². The molecule has 3 heteroatoms. The molecule has 1 aliphatic rings. The van der Waals surface area contributed by atoms with Crippen molar-refractivity contribution >= 4 is 12.2 Å². The van der Waals surface area contributed by atoms with E-state index in [2.05, 4.69) is 0 Å². The Balaban J connectivity index is 1.93. The SMILES string of the molecule is CC1(C)Oc2cc(/C=C/c3ccccc3)cc(O)c2C[C@@H]1O. The van der Waals surface area contributed by atoms with Crippen LogP contribution in [0.1, 0.15) is 30.5 Å². The smallest absolute Gasteiger partial charge is 0.129 e. The highest BCUT2D eigenvalue weighted by molar-refractivity contribution is 5.71. The molecule has 0 saturated heterocycles. The van der Waals surface area contributed by atoms with Crippen molar-refractivity contribution in [1.29, 1.82) is 0 Å². The minimum absolute atomic E-state index is 0.166. The Morgan fingerprint density at radius 1 is 1.09 bits per heavy atom. The van der Waals surface area contributed by atoms with Crippen LogP contribution in [0.3, 0.4) is 0 Å². The number of hydrogen-bond donors (Lipinski definition) is 2. The fraction of sp³-hybridized carbons (Fsp3) is 0.263. The molecule has 1 aliphatic heterocycles. The molecule has 0 saturated carbocycles. The Kier molecular flexibility index (Phi) is 3.67. The van der Waals surface area contributed by atoms with Gasteiger partial charge in [0.2, 0.25) is 0 Å². The summed E-state index contributed by atoms with van der Waals surface area (Å²) < 4.78 is 5.86. The molecule has 0 bridgehead atoms. The highest BCUT2D eigenvalue weighted by Gasteiger charge is 2.36. The molecule has 3 rings (SSSR count). The van der Waals surface area contributed by atoms with E-state index < -0.39 is 11.7 Å². The number of fused-ring (bicyclic) bond motifs is 1. The average molecular weight is 296 g/mol. The maximum Gasteiger partial charge on any atom is 0.129 e. The second-order valence-corrected chi connectivity index (χ2v) is 6.19. The van der Waals surface area contributed by atoms with Crippen LogP contribution in [0.4, 0.5) is 0 Å². The van der Waals surface area contributed by atoms with Gasteiger partial charge >= 0.3 is 0 Å². The molecule has 0 aromatic heterocycles. The van der Waals surface area contributed by atoms with E-state index in [1.54, 1.807) is 6.07 Å². The van der Waals surface area contributed by atoms with Crippen LogP contribution in [0.25, 0.3) is 12.2 Å². The quantitative estimate of drug-likeness (QED) is 0.832. The van der Waals surface area contributed by atoms with Crippen LogP contribution >= 0.6 is 0 Å². The summed E-state index contributed by atoms with van der Waals surface area (Å²) in [7, 11) is 0. The van der Waals surface area contributed by atoms with E-state index in [1.807, 2.05) is 62.4 Å². The van der Waals surface area contributed by atoms with E-state index in [9.17, 15) is 10.2 Å². The number of aliphatic hydroxyl groups is 1. The fourth-order valence-electron chi connectivity index (χ4n) is 2.59. The number of hydrogen-bond acceptors (Lipinski definition) is 3. The Labute approximate surface area is 130 Å². The number of phenols is 1. The average Bonchev–Trinajstić information content (AvgIpc) is 2.48. The Hall–Kier alpha value is -2.26. The van der Waals surface area contributed by atoms with E-state index in [0.29, 0.717) is 17.7 Å². The van der Waals surface area contributed by atoms with Gasteiger partial charge in [-0.3, -0.25) is 0 Å². The molecule has 0 unspecified atom stereocenters. The third-order valence-corrected chi connectivity index (χ3v) is 4.05. The summed E-state index contributed by atoms with van der Waals surface area (Å²) in [5, 5.41) is 20.3. The van der Waals surface area contributed by atoms with E-state index >= 15 is 0 Å². The summed E-state index contributed by atoms with van der Waals surface area (Å²) in [4.78, 5) is 0. The monoisotopic (exact) mass is 296 g/mol. The van der Waals surface area contributed by atoms with Crippen LogP contribution in [-0.2, 0) is 6.42 Å². The van der Waals surface area contributed by atoms with Gasteiger partial charge in [0.1, 0.15) is 17.1 Å². The second kappa shape index (κ2) is 5.50. The number of rotatable bonds is 2. The van der Waals surface area contributed by atoms with Gasteiger partial charge in [0.15, 0.2) is 0 Å². The Morgan fingerprint density at radius 2 is 1.77 bits per heavy atom. The van der Waals surface area contributed by atoms with Crippen molar-refractivity contribution in [3.63, 3.8) is 0 Å². The zero-order valence-electron chi connectivity index (χ0n) is 12.8. The minimum Gasteiger partial charge on any atom is -0.508 e. The maximum atomic E-state index is 10.2. The summed E-state index contributed by atoms with van der Waals surface area (Å²) >= 11 is 0. The van der Waals surface area contributed by atoms with Gasteiger partial charge < -0.3 is 14.9 Å². The van der Waals surface area contributed by atoms with Crippen LogP contribution in [-0.4, -0.2) is 21.9 Å². The fourth-order valence-corrected chi connectivity index (χ4v) is 2.59. The van der Waals surface area contributed by atoms with Crippen molar-refractivity contribution in [2.45, 2.75) is 32.0 Å². The number of ether oxygens (including phenoxy) is 1. The first kappa shape index (κ1) is 14.7.